The van der Waals surface area contributed by atoms with Crippen LogP contribution in [0.3, 0.4) is 0 Å². The summed E-state index contributed by atoms with van der Waals surface area (Å²) in [6.45, 7) is 3.57. The van der Waals surface area contributed by atoms with Gasteiger partial charge in [-0.3, -0.25) is 0 Å². The third kappa shape index (κ3) is 4.71. The molecule has 1 aromatic heterocycles. The van der Waals surface area contributed by atoms with Crippen LogP contribution in [0.5, 0.6) is 0 Å². The van der Waals surface area contributed by atoms with Gasteiger partial charge in [0.05, 0.1) is 16.1 Å². The van der Waals surface area contributed by atoms with Crippen molar-refractivity contribution in [3.05, 3.63) is 58.0 Å². The van der Waals surface area contributed by atoms with Crippen LogP contribution in [0.25, 0.3) is 10.9 Å². The van der Waals surface area contributed by atoms with Gasteiger partial charge in [-0.2, -0.15) is 13.2 Å². The van der Waals surface area contributed by atoms with E-state index in [0.29, 0.717) is 20.9 Å². The van der Waals surface area contributed by atoms with Gasteiger partial charge in [-0.1, -0.05) is 23.4 Å². The van der Waals surface area contributed by atoms with Crippen LogP contribution in [0, 0.1) is 12.7 Å². The van der Waals surface area contributed by atoms with Gasteiger partial charge in [0.2, 0.25) is 0 Å². The molecule has 9 heteroatoms. The number of rotatable bonds is 6. The summed E-state index contributed by atoms with van der Waals surface area (Å²) in [6, 6.07) is 6.82. The lowest BCUT2D eigenvalue weighted by atomic mass is 10.0. The van der Waals surface area contributed by atoms with Crippen molar-refractivity contribution in [1.82, 2.24) is 4.98 Å². The Kier molecular flexibility index (Phi) is 6.48. The van der Waals surface area contributed by atoms with Gasteiger partial charge in [0.15, 0.2) is 12.1 Å². The Bertz CT molecular complexity index is 1040. The number of hydrogen-bond acceptors (Lipinski definition) is 3. The minimum atomic E-state index is -4.55. The number of benzene rings is 2. The zero-order valence-corrected chi connectivity index (χ0v) is 17.1. The molecule has 0 bridgehead atoms. The molecule has 0 saturated carbocycles. The standard InChI is InChI=1S/C20H18ClF4NO2S/c1-3-28-16(27)9-11-8-12(4-6-14(11)20(23,24)25)29-19-10(2)26-18-13(19)5-7-15(21)17(18)22/h4-8,16,26-27H,3,9H2,1-2H3. The number of alkyl halides is 3. The first-order chi connectivity index (χ1) is 13.6. The van der Waals surface area contributed by atoms with Crippen molar-refractivity contribution in [2.24, 2.45) is 0 Å². The monoisotopic (exact) mass is 447 g/mol. The number of aliphatic hydroxyl groups is 1. The largest absolute Gasteiger partial charge is 0.416 e. The lowest BCUT2D eigenvalue weighted by Gasteiger charge is -2.17. The average molecular weight is 448 g/mol. The second-order valence-electron chi connectivity index (χ2n) is 6.40. The topological polar surface area (TPSA) is 45.2 Å². The Labute approximate surface area is 174 Å². The number of nitrogens with one attached hydrogen (secondary N) is 1. The van der Waals surface area contributed by atoms with Gasteiger partial charge < -0.3 is 14.8 Å². The first-order valence-electron chi connectivity index (χ1n) is 8.75. The lowest BCUT2D eigenvalue weighted by molar-refractivity contribution is -0.139. The van der Waals surface area contributed by atoms with Crippen molar-refractivity contribution in [2.45, 2.75) is 42.5 Å². The molecule has 156 valence electrons. The summed E-state index contributed by atoms with van der Waals surface area (Å²) in [5.41, 5.74) is 0.0163. The summed E-state index contributed by atoms with van der Waals surface area (Å²) < 4.78 is 59.3. The van der Waals surface area contributed by atoms with Crippen LogP contribution >= 0.6 is 23.4 Å². The van der Waals surface area contributed by atoms with Crippen LogP contribution in [0.4, 0.5) is 17.6 Å². The van der Waals surface area contributed by atoms with Gasteiger partial charge in [0.1, 0.15) is 0 Å². The molecule has 1 heterocycles. The highest BCUT2D eigenvalue weighted by atomic mass is 35.5. The molecular formula is C20H18ClF4NO2S. The van der Waals surface area contributed by atoms with Crippen molar-refractivity contribution in [3.63, 3.8) is 0 Å². The van der Waals surface area contributed by atoms with Gasteiger partial charge >= 0.3 is 6.18 Å². The minimum absolute atomic E-state index is 0.0166. The summed E-state index contributed by atoms with van der Waals surface area (Å²) in [5, 5.41) is 10.4. The maximum atomic E-state index is 14.3. The van der Waals surface area contributed by atoms with Crippen molar-refractivity contribution >= 4 is 34.3 Å². The molecule has 0 fully saturated rings. The maximum Gasteiger partial charge on any atom is 0.416 e. The van der Waals surface area contributed by atoms with Gasteiger partial charge in [-0.15, -0.1) is 0 Å². The van der Waals surface area contributed by atoms with E-state index in [4.69, 9.17) is 16.3 Å². The molecule has 29 heavy (non-hydrogen) atoms. The van der Waals surface area contributed by atoms with E-state index in [2.05, 4.69) is 4.98 Å². The van der Waals surface area contributed by atoms with Gasteiger partial charge in [0.25, 0.3) is 0 Å². The molecule has 3 aromatic rings. The number of fused-ring (bicyclic) bond motifs is 1. The smallest absolute Gasteiger partial charge is 0.368 e. The molecule has 3 rings (SSSR count). The van der Waals surface area contributed by atoms with Crippen LogP contribution in [-0.2, 0) is 17.3 Å². The molecule has 0 spiro atoms. The third-order valence-electron chi connectivity index (χ3n) is 4.35. The number of aliphatic hydroxyl groups excluding tert-OH is 1. The number of aromatic amines is 1. The molecule has 0 aliphatic rings. The maximum absolute atomic E-state index is 14.3. The van der Waals surface area contributed by atoms with Crippen LogP contribution in [0.1, 0.15) is 23.7 Å². The highest BCUT2D eigenvalue weighted by molar-refractivity contribution is 7.99. The Balaban J connectivity index is 2.01. The number of halogens is 5. The number of aryl methyl sites for hydroxylation is 1. The van der Waals surface area contributed by atoms with E-state index in [1.54, 1.807) is 19.9 Å². The van der Waals surface area contributed by atoms with Gasteiger partial charge in [-0.25, -0.2) is 4.39 Å². The Morgan fingerprint density at radius 2 is 1.97 bits per heavy atom. The predicted octanol–water partition coefficient (Wildman–Crippen LogP) is 6.34. The normalized spacial score (nSPS) is 13.2. The minimum Gasteiger partial charge on any atom is -0.368 e. The number of hydrogen-bond donors (Lipinski definition) is 2. The predicted molar refractivity (Wildman–Crippen MR) is 105 cm³/mol. The van der Waals surface area contributed by atoms with Crippen molar-refractivity contribution in [3.8, 4) is 0 Å². The Morgan fingerprint density at radius 3 is 2.62 bits per heavy atom. The first kappa shape index (κ1) is 22.0. The van der Waals surface area contributed by atoms with E-state index in [1.165, 1.54) is 30.0 Å². The zero-order valence-electron chi connectivity index (χ0n) is 15.5. The quantitative estimate of drug-likeness (QED) is 0.342. The van der Waals surface area contributed by atoms with Gasteiger partial charge in [0, 0.05) is 33.9 Å². The second-order valence-corrected chi connectivity index (χ2v) is 7.89. The summed E-state index contributed by atoms with van der Waals surface area (Å²) in [5.74, 6) is -0.577. The van der Waals surface area contributed by atoms with Crippen LogP contribution in [0.15, 0.2) is 40.1 Å². The average Bonchev–Trinajstić information content (AvgIpc) is 2.94. The molecule has 3 nitrogen and oxygen atoms in total. The molecule has 0 amide bonds. The SMILES string of the molecule is CCOC(O)Cc1cc(Sc2c(C)[nH]c3c(F)c(Cl)ccc23)ccc1C(F)(F)F. The second kappa shape index (κ2) is 8.55. The van der Waals surface area contributed by atoms with E-state index in [0.717, 1.165) is 6.07 Å². The number of H-pyrrole nitrogens is 1. The molecule has 0 aliphatic heterocycles. The first-order valence-corrected chi connectivity index (χ1v) is 9.95. The van der Waals surface area contributed by atoms with E-state index in [-0.39, 0.29) is 29.1 Å². The van der Waals surface area contributed by atoms with E-state index < -0.39 is 23.8 Å². The molecular weight excluding hydrogens is 430 g/mol. The van der Waals surface area contributed by atoms with E-state index >= 15 is 0 Å². The molecule has 0 radical (unpaired) electrons. The molecule has 0 aliphatic carbocycles. The van der Waals surface area contributed by atoms with Crippen molar-refractivity contribution < 1.29 is 27.4 Å². The highest BCUT2D eigenvalue weighted by Crippen LogP contribution is 2.41. The molecule has 1 unspecified atom stereocenters. The highest BCUT2D eigenvalue weighted by Gasteiger charge is 2.34. The molecule has 0 saturated heterocycles. The number of ether oxygens (including phenoxy) is 1. The fourth-order valence-electron chi connectivity index (χ4n) is 3.08. The summed E-state index contributed by atoms with van der Waals surface area (Å²) in [6.07, 6.45) is -6.19. The Morgan fingerprint density at radius 1 is 1.24 bits per heavy atom. The van der Waals surface area contributed by atoms with Crippen LogP contribution in [0.2, 0.25) is 5.02 Å². The van der Waals surface area contributed by atoms with Crippen molar-refractivity contribution in [1.29, 1.82) is 0 Å². The van der Waals surface area contributed by atoms with E-state index in [1.807, 2.05) is 0 Å². The molecule has 2 N–H and O–H groups in total. The summed E-state index contributed by atoms with van der Waals surface area (Å²) in [7, 11) is 0. The van der Waals surface area contributed by atoms with Crippen LogP contribution < -0.4 is 0 Å². The fraction of sp³-hybridized carbons (Fsp3) is 0.300. The lowest BCUT2D eigenvalue weighted by Crippen LogP contribution is -2.18. The molecule has 2 aromatic carbocycles. The van der Waals surface area contributed by atoms with Crippen molar-refractivity contribution in [2.75, 3.05) is 6.61 Å². The third-order valence-corrected chi connectivity index (χ3v) is 5.86. The fourth-order valence-corrected chi connectivity index (χ4v) is 4.29. The summed E-state index contributed by atoms with van der Waals surface area (Å²) in [4.78, 5) is 4.15. The van der Waals surface area contributed by atoms with Gasteiger partial charge in [-0.05, 0) is 49.7 Å². The number of aromatic nitrogens is 1. The summed E-state index contributed by atoms with van der Waals surface area (Å²) >= 11 is 7.03. The zero-order chi connectivity index (χ0) is 21.3. The molecule has 1 atom stereocenters. The van der Waals surface area contributed by atoms with E-state index in [9.17, 15) is 22.7 Å². The Hall–Kier alpha value is -1.74. The van der Waals surface area contributed by atoms with Crippen LogP contribution in [-0.4, -0.2) is 23.0 Å².